The number of aromatic hydroxyl groups is 2. The zero-order chi connectivity index (χ0) is 43.1. The SMILES string of the molecule is CC(c1ccccc1)c1cc(C(C)c2ccccc2)c(O)c(C(C)c2ccccc2)c1.Oc1ccc(C=Cc2ccccc2)c(C=Cc2ccccc2)c1C=Cc1ccccc1. The normalized spacial score (nSPS) is 12.8. The monoisotopic (exact) mass is 806 g/mol. The van der Waals surface area contributed by atoms with Gasteiger partial charge >= 0.3 is 0 Å². The van der Waals surface area contributed by atoms with E-state index >= 15 is 0 Å². The van der Waals surface area contributed by atoms with Crippen molar-refractivity contribution in [2.75, 3.05) is 0 Å². The molecule has 0 spiro atoms. The Morgan fingerprint density at radius 3 is 1.06 bits per heavy atom. The minimum Gasteiger partial charge on any atom is -0.507 e. The van der Waals surface area contributed by atoms with Gasteiger partial charge in [0, 0.05) is 34.4 Å². The van der Waals surface area contributed by atoms with Gasteiger partial charge in [0.05, 0.1) is 0 Å². The van der Waals surface area contributed by atoms with Gasteiger partial charge in [0.1, 0.15) is 11.5 Å². The van der Waals surface area contributed by atoms with E-state index in [1.54, 1.807) is 6.07 Å². The van der Waals surface area contributed by atoms with Crippen LogP contribution in [0, 0.1) is 0 Å². The van der Waals surface area contributed by atoms with Gasteiger partial charge in [-0.1, -0.05) is 257 Å². The lowest BCUT2D eigenvalue weighted by atomic mass is 9.82. The third-order valence-electron chi connectivity index (χ3n) is 11.6. The Bertz CT molecular complexity index is 2640. The Morgan fingerprint density at radius 2 is 0.661 bits per heavy atom. The van der Waals surface area contributed by atoms with E-state index in [9.17, 15) is 10.2 Å². The minimum atomic E-state index is 0.103. The molecule has 0 radical (unpaired) electrons. The highest BCUT2D eigenvalue weighted by Crippen LogP contribution is 2.42. The molecule has 3 atom stereocenters. The van der Waals surface area contributed by atoms with E-state index in [4.69, 9.17) is 0 Å². The largest absolute Gasteiger partial charge is 0.507 e. The van der Waals surface area contributed by atoms with E-state index in [1.165, 1.54) is 22.3 Å². The van der Waals surface area contributed by atoms with E-state index in [0.29, 0.717) is 5.75 Å². The van der Waals surface area contributed by atoms with Crippen molar-refractivity contribution in [1.29, 1.82) is 0 Å². The number of rotatable bonds is 12. The van der Waals surface area contributed by atoms with Gasteiger partial charge in [0.15, 0.2) is 0 Å². The van der Waals surface area contributed by atoms with E-state index in [2.05, 4.69) is 160 Å². The summed E-state index contributed by atoms with van der Waals surface area (Å²) in [6.45, 7) is 6.60. The Balaban J connectivity index is 0.000000186. The van der Waals surface area contributed by atoms with Crippen LogP contribution in [0.2, 0.25) is 0 Å². The van der Waals surface area contributed by atoms with Crippen LogP contribution in [-0.2, 0) is 0 Å². The summed E-state index contributed by atoms with van der Waals surface area (Å²) in [5.41, 5.74) is 13.1. The molecule has 2 nitrogen and oxygen atoms in total. The average molecular weight is 807 g/mol. The van der Waals surface area contributed by atoms with Gasteiger partial charge < -0.3 is 10.2 Å². The quantitative estimate of drug-likeness (QED) is 0.121. The van der Waals surface area contributed by atoms with Gasteiger partial charge in [-0.3, -0.25) is 0 Å². The fourth-order valence-electron chi connectivity index (χ4n) is 7.78. The summed E-state index contributed by atoms with van der Waals surface area (Å²) < 4.78 is 0. The third-order valence-corrected chi connectivity index (χ3v) is 11.6. The first-order valence-electron chi connectivity index (χ1n) is 21.4. The first-order valence-corrected chi connectivity index (χ1v) is 21.4. The molecule has 8 aromatic carbocycles. The molecule has 0 saturated carbocycles. The Morgan fingerprint density at radius 1 is 0.323 bits per heavy atom. The van der Waals surface area contributed by atoms with E-state index in [0.717, 1.165) is 44.5 Å². The van der Waals surface area contributed by atoms with Crippen molar-refractivity contribution < 1.29 is 10.2 Å². The predicted molar refractivity (Wildman–Crippen MR) is 264 cm³/mol. The van der Waals surface area contributed by atoms with Crippen LogP contribution in [0.3, 0.4) is 0 Å². The van der Waals surface area contributed by atoms with Crippen molar-refractivity contribution in [3.05, 3.63) is 273 Å². The van der Waals surface area contributed by atoms with Crippen LogP contribution in [0.1, 0.15) is 105 Å². The number of phenols is 2. The lowest BCUT2D eigenvalue weighted by molar-refractivity contribution is 0.456. The Labute approximate surface area is 368 Å². The molecule has 0 bridgehead atoms. The highest BCUT2D eigenvalue weighted by Gasteiger charge is 2.23. The molecule has 0 amide bonds. The van der Waals surface area contributed by atoms with Gasteiger partial charge in [0.2, 0.25) is 0 Å². The number of phenolic OH excluding ortho intramolecular Hbond substituents is 2. The van der Waals surface area contributed by atoms with Gasteiger partial charge in [-0.2, -0.15) is 0 Å². The minimum absolute atomic E-state index is 0.103. The smallest absolute Gasteiger partial charge is 0.123 e. The number of hydrogen-bond acceptors (Lipinski definition) is 2. The molecule has 0 aliphatic carbocycles. The molecular weight excluding hydrogens is 753 g/mol. The van der Waals surface area contributed by atoms with Crippen molar-refractivity contribution in [3.8, 4) is 11.5 Å². The molecular formula is C60H54O2. The summed E-state index contributed by atoms with van der Waals surface area (Å²) in [7, 11) is 0. The van der Waals surface area contributed by atoms with Crippen molar-refractivity contribution in [1.82, 2.24) is 0 Å². The van der Waals surface area contributed by atoms with Crippen LogP contribution < -0.4 is 0 Å². The molecule has 0 fully saturated rings. The van der Waals surface area contributed by atoms with Crippen LogP contribution in [0.15, 0.2) is 206 Å². The van der Waals surface area contributed by atoms with Crippen LogP contribution in [0.25, 0.3) is 36.5 Å². The molecule has 62 heavy (non-hydrogen) atoms. The fraction of sp³-hybridized carbons (Fsp3) is 0.100. The molecule has 0 saturated heterocycles. The maximum Gasteiger partial charge on any atom is 0.123 e. The van der Waals surface area contributed by atoms with E-state index in [-0.39, 0.29) is 23.5 Å². The molecule has 2 heteroatoms. The highest BCUT2D eigenvalue weighted by atomic mass is 16.3. The average Bonchev–Trinajstić information content (AvgIpc) is 3.34. The van der Waals surface area contributed by atoms with Crippen molar-refractivity contribution in [3.63, 3.8) is 0 Å². The van der Waals surface area contributed by atoms with Crippen molar-refractivity contribution in [2.24, 2.45) is 0 Å². The predicted octanol–water partition coefficient (Wildman–Crippen LogP) is 15.8. The number of benzene rings is 8. The molecule has 0 heterocycles. The summed E-state index contributed by atoms with van der Waals surface area (Å²) >= 11 is 0. The topological polar surface area (TPSA) is 40.5 Å². The molecule has 306 valence electrons. The highest BCUT2D eigenvalue weighted by molar-refractivity contribution is 5.87. The molecule has 0 aromatic heterocycles. The van der Waals surface area contributed by atoms with Crippen molar-refractivity contribution >= 4 is 36.5 Å². The third kappa shape index (κ3) is 11.0. The summed E-state index contributed by atoms with van der Waals surface area (Å²) in [6.07, 6.45) is 12.4. The molecule has 0 aliphatic heterocycles. The van der Waals surface area contributed by atoms with E-state index in [1.807, 2.05) is 97.1 Å². The lowest BCUT2D eigenvalue weighted by Crippen LogP contribution is -2.06. The lowest BCUT2D eigenvalue weighted by Gasteiger charge is -2.24. The fourth-order valence-corrected chi connectivity index (χ4v) is 7.78. The summed E-state index contributed by atoms with van der Waals surface area (Å²) in [4.78, 5) is 0. The molecule has 8 aromatic rings. The zero-order valence-electron chi connectivity index (χ0n) is 35.7. The maximum absolute atomic E-state index is 11.4. The molecule has 0 aliphatic rings. The van der Waals surface area contributed by atoms with Crippen LogP contribution >= 0.6 is 0 Å². The second-order valence-corrected chi connectivity index (χ2v) is 15.7. The van der Waals surface area contributed by atoms with Crippen molar-refractivity contribution in [2.45, 2.75) is 38.5 Å². The Hall–Kier alpha value is -7.42. The standard InChI is InChI=1S/C30H30O.C30H24O/c1-21(24-13-7-4-8-14-24)27-19-28(22(2)25-15-9-5-10-16-25)30(31)29(20-27)23(3)26-17-11-6-12-18-26;31-30-23-20-27(19-16-24-10-4-1-5-11-24)28(21-17-25-12-6-2-7-13-25)29(30)22-18-26-14-8-3-9-15-26/h4-23,31H,1-3H3;1-23,31H. The second kappa shape index (κ2) is 21.2. The van der Waals surface area contributed by atoms with Gasteiger partial charge in [-0.15, -0.1) is 0 Å². The van der Waals surface area contributed by atoms with E-state index < -0.39 is 0 Å². The summed E-state index contributed by atoms with van der Waals surface area (Å²) in [6, 6.07) is 70.1. The van der Waals surface area contributed by atoms with Crippen LogP contribution in [0.5, 0.6) is 11.5 Å². The maximum atomic E-state index is 11.4. The molecule has 8 rings (SSSR count). The summed E-state index contributed by atoms with van der Waals surface area (Å²) in [5, 5.41) is 22.1. The summed E-state index contributed by atoms with van der Waals surface area (Å²) in [5.74, 6) is 1.12. The Kier molecular flexibility index (Phi) is 14.6. The van der Waals surface area contributed by atoms with Gasteiger partial charge in [-0.25, -0.2) is 0 Å². The van der Waals surface area contributed by atoms with Crippen LogP contribution in [-0.4, -0.2) is 10.2 Å². The zero-order valence-corrected chi connectivity index (χ0v) is 35.7. The first kappa shape index (κ1) is 42.7. The molecule has 3 unspecified atom stereocenters. The first-order chi connectivity index (χ1) is 30.4. The molecule has 2 N–H and O–H groups in total. The van der Waals surface area contributed by atoms with Gasteiger partial charge in [0.25, 0.3) is 0 Å². The number of hydrogen-bond donors (Lipinski definition) is 2. The van der Waals surface area contributed by atoms with Crippen LogP contribution in [0.4, 0.5) is 0 Å². The second-order valence-electron chi connectivity index (χ2n) is 15.7. The van der Waals surface area contributed by atoms with Gasteiger partial charge in [-0.05, 0) is 56.1 Å².